The Hall–Kier alpha value is -0.0800. The van der Waals surface area contributed by atoms with Gasteiger partial charge in [-0.25, -0.2) is 0 Å². The molecule has 0 spiro atoms. The van der Waals surface area contributed by atoms with E-state index in [9.17, 15) is 0 Å². The van der Waals surface area contributed by atoms with Gasteiger partial charge in [0, 0.05) is 30.7 Å². The van der Waals surface area contributed by atoms with E-state index in [0.29, 0.717) is 6.04 Å². The predicted molar refractivity (Wildman–Crippen MR) is 55.9 cm³/mol. The van der Waals surface area contributed by atoms with Crippen LogP contribution in [0, 0.1) is 0 Å². The van der Waals surface area contributed by atoms with Gasteiger partial charge in [-0.15, -0.1) is 0 Å². The Balaban J connectivity index is 1.82. The van der Waals surface area contributed by atoms with Gasteiger partial charge in [-0.2, -0.15) is 0 Å². The molecule has 1 heterocycles. The van der Waals surface area contributed by atoms with Gasteiger partial charge in [0.05, 0.1) is 0 Å². The number of hydrogen-bond acceptors (Lipinski definition) is 2. The van der Waals surface area contributed by atoms with Crippen LogP contribution in [0.5, 0.6) is 0 Å². The molecule has 0 amide bonds. The van der Waals surface area contributed by atoms with Crippen molar-refractivity contribution in [1.29, 1.82) is 0 Å². The first-order chi connectivity index (χ1) is 6.16. The van der Waals surface area contributed by atoms with E-state index in [2.05, 4.69) is 31.0 Å². The molecule has 0 radical (unpaired) electrons. The molecular formula is C11H22N2. The molecule has 2 heteroatoms. The normalized spacial score (nSPS) is 36.0. The van der Waals surface area contributed by atoms with E-state index in [1.807, 2.05) is 0 Å². The molecule has 2 atom stereocenters. The highest BCUT2D eigenvalue weighted by Gasteiger charge is 2.33. The van der Waals surface area contributed by atoms with E-state index < -0.39 is 0 Å². The molecule has 0 bridgehead atoms. The van der Waals surface area contributed by atoms with Gasteiger partial charge >= 0.3 is 0 Å². The Labute approximate surface area is 81.7 Å². The number of likely N-dealkylation sites (tertiary alicyclic amines) is 1. The summed E-state index contributed by atoms with van der Waals surface area (Å²) in [5, 5.41) is 3.73. The molecule has 1 N–H and O–H groups in total. The third-order valence-electron chi connectivity index (χ3n) is 3.34. The third-order valence-corrected chi connectivity index (χ3v) is 3.34. The van der Waals surface area contributed by atoms with Gasteiger partial charge in [-0.1, -0.05) is 0 Å². The Morgan fingerprint density at radius 1 is 1.23 bits per heavy atom. The van der Waals surface area contributed by atoms with Crippen LogP contribution in [-0.2, 0) is 0 Å². The van der Waals surface area contributed by atoms with Crippen molar-refractivity contribution in [2.75, 3.05) is 6.54 Å². The highest BCUT2D eigenvalue weighted by atomic mass is 15.2. The molecule has 0 aromatic carbocycles. The fraction of sp³-hybridized carbons (Fsp3) is 1.00. The lowest BCUT2D eigenvalue weighted by atomic mass is 10.2. The Morgan fingerprint density at radius 2 is 1.92 bits per heavy atom. The molecule has 0 aromatic rings. The van der Waals surface area contributed by atoms with Crippen LogP contribution in [0.3, 0.4) is 0 Å². The lowest BCUT2D eigenvalue weighted by molar-refractivity contribution is 0.213. The molecule has 13 heavy (non-hydrogen) atoms. The van der Waals surface area contributed by atoms with Crippen molar-refractivity contribution in [3.8, 4) is 0 Å². The van der Waals surface area contributed by atoms with Crippen molar-refractivity contribution in [3.05, 3.63) is 0 Å². The van der Waals surface area contributed by atoms with Crippen LogP contribution >= 0.6 is 0 Å². The maximum absolute atomic E-state index is 3.73. The molecule has 1 aliphatic carbocycles. The molecule has 2 unspecified atom stereocenters. The summed E-state index contributed by atoms with van der Waals surface area (Å²) in [6.07, 6.45) is 4.16. The molecule has 2 fully saturated rings. The molecule has 76 valence electrons. The zero-order valence-corrected chi connectivity index (χ0v) is 9.09. The van der Waals surface area contributed by atoms with E-state index in [1.54, 1.807) is 0 Å². The summed E-state index contributed by atoms with van der Waals surface area (Å²) in [6, 6.07) is 3.12. The second-order valence-electron chi connectivity index (χ2n) is 5.01. The van der Waals surface area contributed by atoms with Crippen molar-refractivity contribution in [2.45, 2.75) is 64.2 Å². The number of nitrogens with zero attached hydrogens (tertiary/aromatic N) is 1. The van der Waals surface area contributed by atoms with Crippen molar-refractivity contribution in [2.24, 2.45) is 0 Å². The fourth-order valence-electron chi connectivity index (χ4n) is 2.48. The van der Waals surface area contributed by atoms with E-state index in [-0.39, 0.29) is 0 Å². The van der Waals surface area contributed by atoms with Crippen molar-refractivity contribution >= 4 is 0 Å². The lowest BCUT2D eigenvalue weighted by Gasteiger charge is -2.25. The van der Waals surface area contributed by atoms with Crippen LogP contribution in [0.25, 0.3) is 0 Å². The van der Waals surface area contributed by atoms with Gasteiger partial charge in [0.15, 0.2) is 0 Å². The lowest BCUT2D eigenvalue weighted by Crippen LogP contribution is -2.37. The fourth-order valence-corrected chi connectivity index (χ4v) is 2.48. The maximum Gasteiger partial charge on any atom is 0.0212 e. The van der Waals surface area contributed by atoms with Crippen molar-refractivity contribution in [3.63, 3.8) is 0 Å². The zero-order valence-electron chi connectivity index (χ0n) is 9.09. The summed E-state index contributed by atoms with van der Waals surface area (Å²) >= 11 is 0. The van der Waals surface area contributed by atoms with E-state index in [4.69, 9.17) is 0 Å². The summed E-state index contributed by atoms with van der Waals surface area (Å²) in [5.74, 6) is 0. The average Bonchev–Trinajstić information content (AvgIpc) is 2.75. The molecule has 2 rings (SSSR count). The van der Waals surface area contributed by atoms with Gasteiger partial charge < -0.3 is 5.32 Å². The number of hydrogen-bond donors (Lipinski definition) is 1. The summed E-state index contributed by atoms with van der Waals surface area (Å²) in [6.45, 7) is 8.22. The van der Waals surface area contributed by atoms with Crippen LogP contribution in [0.1, 0.15) is 40.0 Å². The molecule has 0 aromatic heterocycles. The highest BCUT2D eigenvalue weighted by molar-refractivity contribution is 4.93. The molecule has 1 aliphatic heterocycles. The van der Waals surface area contributed by atoms with Crippen LogP contribution in [-0.4, -0.2) is 35.6 Å². The topological polar surface area (TPSA) is 15.3 Å². The summed E-state index contributed by atoms with van der Waals surface area (Å²) in [7, 11) is 0. The number of rotatable bonds is 3. The molecule has 2 nitrogen and oxygen atoms in total. The van der Waals surface area contributed by atoms with Crippen LogP contribution in [0.15, 0.2) is 0 Å². The predicted octanol–water partition coefficient (Wildman–Crippen LogP) is 1.61. The van der Waals surface area contributed by atoms with Gasteiger partial charge in [0.25, 0.3) is 0 Å². The van der Waals surface area contributed by atoms with Gasteiger partial charge in [-0.3, -0.25) is 4.90 Å². The van der Waals surface area contributed by atoms with Crippen LogP contribution in [0.4, 0.5) is 0 Å². The Morgan fingerprint density at radius 3 is 2.38 bits per heavy atom. The summed E-state index contributed by atoms with van der Waals surface area (Å²) < 4.78 is 0. The quantitative estimate of drug-likeness (QED) is 0.713. The number of nitrogens with one attached hydrogen (secondary N) is 1. The smallest absolute Gasteiger partial charge is 0.0212 e. The minimum absolute atomic E-state index is 0.709. The molecule has 1 saturated carbocycles. The largest absolute Gasteiger partial charge is 0.310 e. The van der Waals surface area contributed by atoms with E-state index in [1.165, 1.54) is 25.8 Å². The van der Waals surface area contributed by atoms with Crippen LogP contribution in [0.2, 0.25) is 0 Å². The minimum Gasteiger partial charge on any atom is -0.310 e. The van der Waals surface area contributed by atoms with Crippen molar-refractivity contribution < 1.29 is 0 Å². The Bertz CT molecular complexity index is 175. The minimum atomic E-state index is 0.709. The first kappa shape index (κ1) is 9.47. The molecular weight excluding hydrogens is 160 g/mol. The second kappa shape index (κ2) is 3.58. The van der Waals surface area contributed by atoms with Gasteiger partial charge in [0.1, 0.15) is 0 Å². The van der Waals surface area contributed by atoms with E-state index >= 15 is 0 Å². The van der Waals surface area contributed by atoms with Crippen LogP contribution < -0.4 is 5.32 Å². The maximum atomic E-state index is 3.73. The SMILES string of the molecule is CC(C)N1CC(NC2CC2)CC1C. The monoisotopic (exact) mass is 182 g/mol. The highest BCUT2D eigenvalue weighted by Crippen LogP contribution is 2.25. The van der Waals surface area contributed by atoms with Gasteiger partial charge in [-0.05, 0) is 40.0 Å². The van der Waals surface area contributed by atoms with Crippen molar-refractivity contribution in [1.82, 2.24) is 10.2 Å². The first-order valence-corrected chi connectivity index (χ1v) is 5.68. The summed E-state index contributed by atoms with van der Waals surface area (Å²) in [4.78, 5) is 2.61. The van der Waals surface area contributed by atoms with E-state index in [0.717, 1.165) is 18.1 Å². The molecule has 2 aliphatic rings. The standard InChI is InChI=1S/C11H22N2/c1-8(2)13-7-11(6-9(13)3)12-10-4-5-10/h8-12H,4-7H2,1-3H3. The molecule has 1 saturated heterocycles. The first-order valence-electron chi connectivity index (χ1n) is 5.68. The zero-order chi connectivity index (χ0) is 9.42. The summed E-state index contributed by atoms with van der Waals surface area (Å²) in [5.41, 5.74) is 0. The second-order valence-corrected chi connectivity index (χ2v) is 5.01. The Kier molecular flexibility index (Phi) is 2.61. The third kappa shape index (κ3) is 2.23. The van der Waals surface area contributed by atoms with Gasteiger partial charge in [0.2, 0.25) is 0 Å². The average molecular weight is 182 g/mol.